The quantitative estimate of drug-likeness (QED) is 0.833. The third-order valence-electron chi connectivity index (χ3n) is 4.71. The monoisotopic (exact) mass is 399 g/mol. The topological polar surface area (TPSA) is 78.8 Å². The van der Waals surface area contributed by atoms with Gasteiger partial charge in [0.2, 0.25) is 15.9 Å². The Labute approximate surface area is 166 Å². The van der Waals surface area contributed by atoms with Gasteiger partial charge in [0.05, 0.1) is 23.7 Å². The van der Waals surface area contributed by atoms with E-state index in [2.05, 4.69) is 9.82 Å². The number of hydrazone groups is 1. The molecule has 1 heterocycles. The lowest BCUT2D eigenvalue weighted by atomic mass is 9.94. The average Bonchev–Trinajstić information content (AvgIpc) is 3.05. The molecule has 0 spiro atoms. The van der Waals surface area contributed by atoms with Gasteiger partial charge in [0.15, 0.2) is 0 Å². The van der Waals surface area contributed by atoms with Gasteiger partial charge in [-0.1, -0.05) is 56.3 Å². The van der Waals surface area contributed by atoms with Crippen LogP contribution in [-0.4, -0.2) is 31.3 Å². The first kappa shape index (κ1) is 20.1. The van der Waals surface area contributed by atoms with E-state index in [1.54, 1.807) is 17.1 Å². The number of carbonyl (C=O) groups excluding carboxylic acids is 1. The second-order valence-electron chi connectivity index (χ2n) is 7.38. The minimum atomic E-state index is -3.43. The SMILES string of the molecule is Cc1ccccc1[C@@H]1CC(c2ccccc2NS(C)(=O)=O)=NN1C(=O)C(C)C. The summed E-state index contributed by atoms with van der Waals surface area (Å²) in [4.78, 5) is 12.8. The molecule has 0 saturated heterocycles. The minimum absolute atomic E-state index is 0.0585. The highest BCUT2D eigenvalue weighted by atomic mass is 32.2. The van der Waals surface area contributed by atoms with Crippen molar-refractivity contribution < 1.29 is 13.2 Å². The van der Waals surface area contributed by atoms with Gasteiger partial charge < -0.3 is 0 Å². The summed E-state index contributed by atoms with van der Waals surface area (Å²) >= 11 is 0. The first-order valence-corrected chi connectivity index (χ1v) is 11.1. The lowest BCUT2D eigenvalue weighted by Crippen LogP contribution is -2.30. The molecule has 1 aliphatic heterocycles. The highest BCUT2D eigenvalue weighted by Gasteiger charge is 2.35. The van der Waals surface area contributed by atoms with Crippen LogP contribution in [0.5, 0.6) is 0 Å². The van der Waals surface area contributed by atoms with Gasteiger partial charge in [0.1, 0.15) is 0 Å². The first-order chi connectivity index (χ1) is 13.2. The van der Waals surface area contributed by atoms with Gasteiger partial charge in [-0.05, 0) is 24.1 Å². The molecule has 0 fully saturated rings. The number of aryl methyl sites for hydroxylation is 1. The summed E-state index contributed by atoms with van der Waals surface area (Å²) in [6.07, 6.45) is 1.64. The van der Waals surface area contributed by atoms with E-state index in [4.69, 9.17) is 0 Å². The second-order valence-corrected chi connectivity index (χ2v) is 9.13. The highest BCUT2D eigenvalue weighted by Crippen LogP contribution is 2.36. The van der Waals surface area contributed by atoms with Gasteiger partial charge in [-0.3, -0.25) is 9.52 Å². The van der Waals surface area contributed by atoms with Crippen molar-refractivity contribution in [1.82, 2.24) is 5.01 Å². The molecule has 0 aromatic heterocycles. The van der Waals surface area contributed by atoms with Crippen molar-refractivity contribution in [2.24, 2.45) is 11.0 Å². The average molecular weight is 400 g/mol. The molecule has 0 radical (unpaired) electrons. The summed E-state index contributed by atoms with van der Waals surface area (Å²) in [6, 6.07) is 14.9. The molecule has 1 aliphatic rings. The van der Waals surface area contributed by atoms with Gasteiger partial charge in [-0.2, -0.15) is 5.10 Å². The van der Waals surface area contributed by atoms with E-state index in [-0.39, 0.29) is 17.9 Å². The molecule has 0 aliphatic carbocycles. The zero-order valence-electron chi connectivity index (χ0n) is 16.5. The van der Waals surface area contributed by atoms with Crippen LogP contribution < -0.4 is 4.72 Å². The fraction of sp³-hybridized carbons (Fsp3) is 0.333. The normalized spacial score (nSPS) is 17.0. The number of amides is 1. The number of para-hydroxylation sites is 1. The Morgan fingerprint density at radius 3 is 2.43 bits per heavy atom. The van der Waals surface area contributed by atoms with Crippen LogP contribution in [0.2, 0.25) is 0 Å². The third-order valence-corrected chi connectivity index (χ3v) is 5.30. The van der Waals surface area contributed by atoms with E-state index in [1.807, 2.05) is 57.2 Å². The van der Waals surface area contributed by atoms with Crippen molar-refractivity contribution in [2.45, 2.75) is 33.2 Å². The van der Waals surface area contributed by atoms with E-state index in [1.165, 1.54) is 0 Å². The van der Waals surface area contributed by atoms with Crippen molar-refractivity contribution in [3.8, 4) is 0 Å². The molecular weight excluding hydrogens is 374 g/mol. The van der Waals surface area contributed by atoms with Gasteiger partial charge >= 0.3 is 0 Å². The molecule has 3 rings (SSSR count). The summed E-state index contributed by atoms with van der Waals surface area (Å²) < 4.78 is 26.0. The molecule has 6 nitrogen and oxygen atoms in total. The number of anilines is 1. The lowest BCUT2D eigenvalue weighted by molar-refractivity contribution is -0.136. The standard InChI is InChI=1S/C21H25N3O3S/c1-14(2)21(25)24-20(16-10-6-5-9-15(16)3)13-19(22-24)17-11-7-8-12-18(17)23-28(4,26)27/h5-12,14,20,23H,13H2,1-4H3/t20-/m0/s1. The number of nitrogens with zero attached hydrogens (tertiary/aromatic N) is 2. The van der Waals surface area contributed by atoms with E-state index < -0.39 is 10.0 Å². The van der Waals surface area contributed by atoms with Crippen LogP contribution in [0.4, 0.5) is 5.69 Å². The van der Waals surface area contributed by atoms with Crippen LogP contribution >= 0.6 is 0 Å². The molecular formula is C21H25N3O3S. The number of benzene rings is 2. The fourth-order valence-corrected chi connectivity index (χ4v) is 3.94. The molecule has 28 heavy (non-hydrogen) atoms. The number of sulfonamides is 1. The Morgan fingerprint density at radius 2 is 1.79 bits per heavy atom. The number of hydrogen-bond acceptors (Lipinski definition) is 4. The van der Waals surface area contributed by atoms with Crippen LogP contribution in [0.15, 0.2) is 53.6 Å². The maximum absolute atomic E-state index is 12.8. The molecule has 148 valence electrons. The molecule has 7 heteroatoms. The van der Waals surface area contributed by atoms with E-state index >= 15 is 0 Å². The number of nitrogens with one attached hydrogen (secondary N) is 1. The minimum Gasteiger partial charge on any atom is -0.283 e. The molecule has 0 unspecified atom stereocenters. The zero-order valence-corrected chi connectivity index (χ0v) is 17.3. The van der Waals surface area contributed by atoms with Crippen LogP contribution in [0.1, 0.15) is 43.0 Å². The summed E-state index contributed by atoms with van der Waals surface area (Å²) in [5.74, 6) is -0.254. The van der Waals surface area contributed by atoms with Crippen LogP contribution in [0, 0.1) is 12.8 Å². The fourth-order valence-electron chi connectivity index (χ4n) is 3.37. The van der Waals surface area contributed by atoms with E-state index in [0.717, 1.165) is 17.4 Å². The maximum Gasteiger partial charge on any atom is 0.245 e. The van der Waals surface area contributed by atoms with E-state index in [9.17, 15) is 13.2 Å². The number of hydrogen-bond donors (Lipinski definition) is 1. The Bertz CT molecular complexity index is 1030. The Balaban J connectivity index is 2.05. The largest absolute Gasteiger partial charge is 0.283 e. The van der Waals surface area contributed by atoms with Crippen LogP contribution in [-0.2, 0) is 14.8 Å². The van der Waals surface area contributed by atoms with Crippen LogP contribution in [0.25, 0.3) is 0 Å². The predicted molar refractivity (Wildman–Crippen MR) is 112 cm³/mol. The van der Waals surface area contributed by atoms with Gasteiger partial charge in [-0.15, -0.1) is 0 Å². The lowest BCUT2D eigenvalue weighted by Gasteiger charge is -2.24. The smallest absolute Gasteiger partial charge is 0.245 e. The summed E-state index contributed by atoms with van der Waals surface area (Å²) in [6.45, 7) is 5.72. The molecule has 1 N–H and O–H groups in total. The Hall–Kier alpha value is -2.67. The zero-order chi connectivity index (χ0) is 20.5. The van der Waals surface area contributed by atoms with Crippen molar-refractivity contribution in [3.63, 3.8) is 0 Å². The van der Waals surface area contributed by atoms with Crippen molar-refractivity contribution in [1.29, 1.82) is 0 Å². The molecule has 0 saturated carbocycles. The maximum atomic E-state index is 12.8. The molecule has 1 atom stereocenters. The van der Waals surface area contributed by atoms with E-state index in [0.29, 0.717) is 23.4 Å². The second kappa shape index (κ2) is 7.75. The number of rotatable bonds is 5. The summed E-state index contributed by atoms with van der Waals surface area (Å²) in [5.41, 5.74) is 3.97. The molecule has 0 bridgehead atoms. The van der Waals surface area contributed by atoms with Gasteiger partial charge in [-0.25, -0.2) is 13.4 Å². The Kier molecular flexibility index (Phi) is 5.56. The van der Waals surface area contributed by atoms with Crippen LogP contribution in [0.3, 0.4) is 0 Å². The predicted octanol–water partition coefficient (Wildman–Crippen LogP) is 3.70. The summed E-state index contributed by atoms with van der Waals surface area (Å²) in [7, 11) is -3.43. The van der Waals surface area contributed by atoms with Gasteiger partial charge in [0, 0.05) is 17.9 Å². The van der Waals surface area contributed by atoms with Crippen molar-refractivity contribution in [2.75, 3.05) is 11.0 Å². The highest BCUT2D eigenvalue weighted by molar-refractivity contribution is 7.92. The van der Waals surface area contributed by atoms with Crippen molar-refractivity contribution >= 4 is 27.3 Å². The molecule has 2 aromatic carbocycles. The number of carbonyl (C=O) groups is 1. The third kappa shape index (κ3) is 4.25. The van der Waals surface area contributed by atoms with Crippen molar-refractivity contribution in [3.05, 3.63) is 65.2 Å². The van der Waals surface area contributed by atoms with Gasteiger partial charge in [0.25, 0.3) is 0 Å². The molecule has 2 aromatic rings. The summed E-state index contributed by atoms with van der Waals surface area (Å²) in [5, 5.41) is 6.19. The Morgan fingerprint density at radius 1 is 1.14 bits per heavy atom. The first-order valence-electron chi connectivity index (χ1n) is 9.20. The molecule has 1 amide bonds.